The fourth-order valence-corrected chi connectivity index (χ4v) is 2.58. The first-order valence-corrected chi connectivity index (χ1v) is 6.65. The van der Waals surface area contributed by atoms with Gasteiger partial charge in [-0.25, -0.2) is 8.78 Å². The molecule has 0 saturated heterocycles. The Morgan fingerprint density at radius 3 is 2.62 bits per heavy atom. The molecule has 1 N–H and O–H groups in total. The molecule has 0 aliphatic rings. The van der Waals surface area contributed by atoms with Crippen LogP contribution in [0.25, 0.3) is 10.8 Å². The van der Waals surface area contributed by atoms with Crippen LogP contribution >= 0.6 is 0 Å². The highest BCUT2D eigenvalue weighted by atomic mass is 19.1. The van der Waals surface area contributed by atoms with Gasteiger partial charge in [-0.15, -0.1) is 0 Å². The van der Waals surface area contributed by atoms with E-state index in [1.165, 1.54) is 6.07 Å². The zero-order valence-corrected chi connectivity index (χ0v) is 11.5. The van der Waals surface area contributed by atoms with Crippen molar-refractivity contribution in [3.05, 3.63) is 77.6 Å². The van der Waals surface area contributed by atoms with Gasteiger partial charge >= 0.3 is 0 Å². The summed E-state index contributed by atoms with van der Waals surface area (Å²) in [5, 5.41) is 4.98. The average molecular weight is 284 g/mol. The molecule has 3 rings (SSSR count). The summed E-state index contributed by atoms with van der Waals surface area (Å²) in [6, 6.07) is 10.8. The van der Waals surface area contributed by atoms with Gasteiger partial charge in [0.2, 0.25) is 0 Å². The molecule has 1 atom stereocenters. The lowest BCUT2D eigenvalue weighted by Gasteiger charge is -2.19. The van der Waals surface area contributed by atoms with Crippen LogP contribution in [-0.4, -0.2) is 12.0 Å². The first-order valence-electron chi connectivity index (χ1n) is 6.65. The van der Waals surface area contributed by atoms with Crippen LogP contribution in [0, 0.1) is 11.6 Å². The number of rotatable bonds is 3. The molecule has 0 fully saturated rings. The summed E-state index contributed by atoms with van der Waals surface area (Å²) >= 11 is 0. The zero-order chi connectivity index (χ0) is 14.8. The molecule has 3 aromatic rings. The third-order valence-corrected chi connectivity index (χ3v) is 3.57. The maximum absolute atomic E-state index is 14.1. The summed E-state index contributed by atoms with van der Waals surface area (Å²) in [7, 11) is 1.72. The van der Waals surface area contributed by atoms with Crippen LogP contribution in [-0.2, 0) is 0 Å². The van der Waals surface area contributed by atoms with Crippen molar-refractivity contribution in [1.82, 2.24) is 10.3 Å². The van der Waals surface area contributed by atoms with E-state index in [0.717, 1.165) is 28.5 Å². The fraction of sp³-hybridized carbons (Fsp3) is 0.118. The first-order chi connectivity index (χ1) is 10.2. The van der Waals surface area contributed by atoms with Gasteiger partial charge in [0.15, 0.2) is 0 Å². The summed E-state index contributed by atoms with van der Waals surface area (Å²) in [5.74, 6) is -0.900. The Labute approximate surface area is 121 Å². The highest BCUT2D eigenvalue weighted by molar-refractivity contribution is 5.85. The van der Waals surface area contributed by atoms with Crippen LogP contribution in [0.4, 0.5) is 8.78 Å². The van der Waals surface area contributed by atoms with E-state index < -0.39 is 17.7 Å². The summed E-state index contributed by atoms with van der Waals surface area (Å²) in [6.07, 6.45) is 3.45. The molecule has 1 unspecified atom stereocenters. The Bertz CT molecular complexity index is 781. The van der Waals surface area contributed by atoms with Gasteiger partial charge < -0.3 is 5.32 Å². The van der Waals surface area contributed by atoms with Gasteiger partial charge in [-0.1, -0.05) is 24.3 Å². The van der Waals surface area contributed by atoms with Crippen molar-refractivity contribution < 1.29 is 8.78 Å². The topological polar surface area (TPSA) is 24.9 Å². The number of fused-ring (bicyclic) bond motifs is 1. The highest BCUT2D eigenvalue weighted by Gasteiger charge is 2.19. The molecule has 0 aliphatic carbocycles. The number of hydrogen-bond acceptors (Lipinski definition) is 2. The van der Waals surface area contributed by atoms with E-state index in [-0.39, 0.29) is 5.56 Å². The van der Waals surface area contributed by atoms with Gasteiger partial charge in [-0.2, -0.15) is 0 Å². The average Bonchev–Trinajstić information content (AvgIpc) is 2.51. The van der Waals surface area contributed by atoms with E-state index in [4.69, 9.17) is 0 Å². The summed E-state index contributed by atoms with van der Waals surface area (Å²) in [5.41, 5.74) is 1.09. The van der Waals surface area contributed by atoms with Crippen molar-refractivity contribution in [3.8, 4) is 0 Å². The van der Waals surface area contributed by atoms with E-state index in [1.807, 2.05) is 24.3 Å². The number of aromatic nitrogens is 1. The molecule has 1 aromatic heterocycles. The second kappa shape index (κ2) is 5.58. The van der Waals surface area contributed by atoms with E-state index >= 15 is 0 Å². The number of halogens is 2. The van der Waals surface area contributed by atoms with Crippen LogP contribution in [0.15, 0.2) is 54.9 Å². The molecule has 106 valence electrons. The minimum atomic E-state index is -0.459. The van der Waals surface area contributed by atoms with E-state index in [0.29, 0.717) is 0 Å². The van der Waals surface area contributed by atoms with Crippen molar-refractivity contribution >= 4 is 10.8 Å². The van der Waals surface area contributed by atoms with Gasteiger partial charge in [0, 0.05) is 23.3 Å². The molecule has 4 heteroatoms. The maximum Gasteiger partial charge on any atom is 0.128 e. The van der Waals surface area contributed by atoms with Crippen molar-refractivity contribution in [1.29, 1.82) is 0 Å². The second-order valence-corrected chi connectivity index (χ2v) is 4.84. The lowest BCUT2D eigenvalue weighted by atomic mass is 9.95. The predicted octanol–water partition coefficient (Wildman–Crippen LogP) is 3.82. The van der Waals surface area contributed by atoms with E-state index in [2.05, 4.69) is 10.3 Å². The van der Waals surface area contributed by atoms with Crippen molar-refractivity contribution in [2.45, 2.75) is 6.04 Å². The number of benzene rings is 2. The van der Waals surface area contributed by atoms with Crippen molar-refractivity contribution in [3.63, 3.8) is 0 Å². The molecule has 0 bridgehead atoms. The Morgan fingerprint density at radius 2 is 1.81 bits per heavy atom. The van der Waals surface area contributed by atoms with Crippen LogP contribution in [0.2, 0.25) is 0 Å². The third kappa shape index (κ3) is 2.50. The Hall–Kier alpha value is -2.33. The van der Waals surface area contributed by atoms with Gasteiger partial charge in [0.05, 0.1) is 6.04 Å². The highest BCUT2D eigenvalue weighted by Crippen LogP contribution is 2.29. The lowest BCUT2D eigenvalue weighted by molar-refractivity contribution is 0.559. The smallest absolute Gasteiger partial charge is 0.128 e. The summed E-state index contributed by atoms with van der Waals surface area (Å²) < 4.78 is 27.5. The zero-order valence-electron chi connectivity index (χ0n) is 11.5. The summed E-state index contributed by atoms with van der Waals surface area (Å²) in [4.78, 5) is 4.20. The Kier molecular flexibility index (Phi) is 3.62. The van der Waals surface area contributed by atoms with Gasteiger partial charge in [0.25, 0.3) is 0 Å². The van der Waals surface area contributed by atoms with Crippen LogP contribution in [0.3, 0.4) is 0 Å². The Morgan fingerprint density at radius 1 is 1.00 bits per heavy atom. The van der Waals surface area contributed by atoms with Crippen molar-refractivity contribution in [2.75, 3.05) is 7.05 Å². The SMILES string of the molecule is CNC(c1cc(F)ccc1F)c1cncc2ccccc12. The van der Waals surface area contributed by atoms with Crippen molar-refractivity contribution in [2.24, 2.45) is 0 Å². The molecular formula is C17H14F2N2. The molecule has 0 aliphatic heterocycles. The standard InChI is InChI=1S/C17H14F2N2/c1-20-17(14-8-12(18)6-7-16(14)19)15-10-21-9-11-4-2-3-5-13(11)15/h2-10,17,20H,1H3. The molecule has 0 amide bonds. The molecule has 2 nitrogen and oxygen atoms in total. The predicted molar refractivity (Wildman–Crippen MR) is 79.0 cm³/mol. The normalized spacial score (nSPS) is 12.5. The molecular weight excluding hydrogens is 270 g/mol. The lowest BCUT2D eigenvalue weighted by Crippen LogP contribution is -2.19. The second-order valence-electron chi connectivity index (χ2n) is 4.84. The Balaban J connectivity index is 2.21. The van der Waals surface area contributed by atoms with Crippen LogP contribution < -0.4 is 5.32 Å². The molecule has 1 heterocycles. The largest absolute Gasteiger partial charge is 0.309 e. The quantitative estimate of drug-likeness (QED) is 0.791. The fourth-order valence-electron chi connectivity index (χ4n) is 2.58. The number of nitrogens with one attached hydrogen (secondary N) is 1. The molecule has 0 radical (unpaired) electrons. The number of pyridine rings is 1. The first kappa shape index (κ1) is 13.6. The van der Waals surface area contributed by atoms with Gasteiger partial charge in [-0.3, -0.25) is 4.98 Å². The summed E-state index contributed by atoms with van der Waals surface area (Å²) in [6.45, 7) is 0. The minimum Gasteiger partial charge on any atom is -0.309 e. The molecule has 2 aromatic carbocycles. The number of hydrogen-bond donors (Lipinski definition) is 1. The van der Waals surface area contributed by atoms with Crippen LogP contribution in [0.1, 0.15) is 17.2 Å². The monoisotopic (exact) mass is 284 g/mol. The van der Waals surface area contributed by atoms with Gasteiger partial charge in [-0.05, 0) is 36.2 Å². The van der Waals surface area contributed by atoms with Crippen LogP contribution in [0.5, 0.6) is 0 Å². The van der Waals surface area contributed by atoms with E-state index in [9.17, 15) is 8.78 Å². The third-order valence-electron chi connectivity index (χ3n) is 3.57. The van der Waals surface area contributed by atoms with Gasteiger partial charge in [0.1, 0.15) is 11.6 Å². The molecule has 0 spiro atoms. The number of nitrogens with zero attached hydrogens (tertiary/aromatic N) is 1. The minimum absolute atomic E-state index is 0.274. The molecule has 21 heavy (non-hydrogen) atoms. The van der Waals surface area contributed by atoms with E-state index in [1.54, 1.807) is 19.4 Å². The molecule has 0 saturated carbocycles. The maximum atomic E-state index is 14.1.